The van der Waals surface area contributed by atoms with Gasteiger partial charge in [-0.3, -0.25) is 0 Å². The van der Waals surface area contributed by atoms with Gasteiger partial charge in [-0.05, 0) is 56.2 Å². The van der Waals surface area contributed by atoms with Crippen molar-refractivity contribution >= 4 is 0 Å². The molecule has 0 bridgehead atoms. The van der Waals surface area contributed by atoms with Gasteiger partial charge in [0.1, 0.15) is 0 Å². The van der Waals surface area contributed by atoms with Crippen molar-refractivity contribution in [2.45, 2.75) is 51.0 Å². The molecule has 2 rings (SSSR count). The first-order valence-corrected chi connectivity index (χ1v) is 7.70. The Morgan fingerprint density at radius 1 is 1.21 bits per heavy atom. The highest BCUT2D eigenvalue weighted by Crippen LogP contribution is 2.30. The van der Waals surface area contributed by atoms with E-state index in [1.807, 2.05) is 6.08 Å². The number of rotatable bonds is 8. The second-order valence-electron chi connectivity index (χ2n) is 5.76. The average Bonchev–Trinajstić information content (AvgIpc) is 2.86. The standard InChI is InChI=1S/C18H27N/c1-3-4-5-6-7-12-18(19-2)17-13-15-10-8-9-11-16(15)14-17/h3,8-11,17-19H,1,4-7,12-14H2,2H3. The van der Waals surface area contributed by atoms with Crippen molar-refractivity contribution in [2.75, 3.05) is 7.05 Å². The van der Waals surface area contributed by atoms with Gasteiger partial charge in [-0.2, -0.15) is 0 Å². The lowest BCUT2D eigenvalue weighted by atomic mass is 9.92. The number of nitrogens with one attached hydrogen (secondary N) is 1. The van der Waals surface area contributed by atoms with E-state index in [9.17, 15) is 0 Å². The smallest absolute Gasteiger partial charge is 0.00986 e. The highest BCUT2D eigenvalue weighted by molar-refractivity contribution is 5.32. The Kier molecular flexibility index (Phi) is 5.65. The van der Waals surface area contributed by atoms with Gasteiger partial charge in [0.15, 0.2) is 0 Å². The van der Waals surface area contributed by atoms with Gasteiger partial charge in [0.25, 0.3) is 0 Å². The molecular formula is C18H27N. The molecule has 0 amide bonds. The summed E-state index contributed by atoms with van der Waals surface area (Å²) in [4.78, 5) is 0. The minimum absolute atomic E-state index is 0.677. The van der Waals surface area contributed by atoms with Crippen molar-refractivity contribution in [1.82, 2.24) is 5.32 Å². The first kappa shape index (κ1) is 14.3. The van der Waals surface area contributed by atoms with Gasteiger partial charge in [0.2, 0.25) is 0 Å². The molecular weight excluding hydrogens is 230 g/mol. The molecule has 1 unspecified atom stereocenters. The number of hydrogen-bond donors (Lipinski definition) is 1. The monoisotopic (exact) mass is 257 g/mol. The van der Waals surface area contributed by atoms with Crippen molar-refractivity contribution < 1.29 is 0 Å². The summed E-state index contributed by atoms with van der Waals surface area (Å²) in [7, 11) is 2.12. The number of hydrogen-bond acceptors (Lipinski definition) is 1. The molecule has 1 aromatic rings. The van der Waals surface area contributed by atoms with Gasteiger partial charge in [0.05, 0.1) is 0 Å². The fourth-order valence-electron chi connectivity index (χ4n) is 3.32. The quantitative estimate of drug-likeness (QED) is 0.545. The first-order valence-electron chi connectivity index (χ1n) is 7.70. The van der Waals surface area contributed by atoms with Crippen LogP contribution in [0, 0.1) is 5.92 Å². The third kappa shape index (κ3) is 3.94. The van der Waals surface area contributed by atoms with Gasteiger partial charge in [-0.1, -0.05) is 43.2 Å². The summed E-state index contributed by atoms with van der Waals surface area (Å²) in [6.07, 6.45) is 11.0. The molecule has 0 radical (unpaired) electrons. The molecule has 1 aliphatic rings. The largest absolute Gasteiger partial charge is 0.317 e. The Morgan fingerprint density at radius 2 is 1.89 bits per heavy atom. The Labute approximate surface area is 118 Å². The predicted molar refractivity (Wildman–Crippen MR) is 83.5 cm³/mol. The van der Waals surface area contributed by atoms with E-state index in [1.54, 1.807) is 11.1 Å². The van der Waals surface area contributed by atoms with Crippen LogP contribution >= 0.6 is 0 Å². The van der Waals surface area contributed by atoms with Crippen LogP contribution in [0.15, 0.2) is 36.9 Å². The molecule has 0 spiro atoms. The fourth-order valence-corrected chi connectivity index (χ4v) is 3.32. The van der Waals surface area contributed by atoms with Crippen LogP contribution in [0.5, 0.6) is 0 Å². The second kappa shape index (κ2) is 7.49. The molecule has 1 aromatic carbocycles. The van der Waals surface area contributed by atoms with Crippen LogP contribution in [0.1, 0.15) is 43.2 Å². The van der Waals surface area contributed by atoms with E-state index in [0.29, 0.717) is 6.04 Å². The van der Waals surface area contributed by atoms with Crippen LogP contribution in [-0.4, -0.2) is 13.1 Å². The van der Waals surface area contributed by atoms with E-state index < -0.39 is 0 Å². The highest BCUT2D eigenvalue weighted by Gasteiger charge is 2.26. The van der Waals surface area contributed by atoms with Crippen LogP contribution in [-0.2, 0) is 12.8 Å². The molecule has 104 valence electrons. The predicted octanol–water partition coefficient (Wildman–Crippen LogP) is 4.13. The maximum Gasteiger partial charge on any atom is 0.00986 e. The van der Waals surface area contributed by atoms with Gasteiger partial charge in [0, 0.05) is 6.04 Å². The molecule has 1 aliphatic carbocycles. The van der Waals surface area contributed by atoms with Crippen molar-refractivity contribution in [3.63, 3.8) is 0 Å². The van der Waals surface area contributed by atoms with E-state index in [-0.39, 0.29) is 0 Å². The molecule has 1 atom stereocenters. The molecule has 0 fully saturated rings. The van der Waals surface area contributed by atoms with Crippen LogP contribution in [0.4, 0.5) is 0 Å². The maximum absolute atomic E-state index is 3.78. The van der Waals surface area contributed by atoms with E-state index >= 15 is 0 Å². The third-order valence-corrected chi connectivity index (χ3v) is 4.45. The Hall–Kier alpha value is -1.08. The normalized spacial score (nSPS) is 16.3. The summed E-state index contributed by atoms with van der Waals surface area (Å²) in [5, 5.41) is 3.55. The average molecular weight is 257 g/mol. The Bertz CT molecular complexity index is 371. The maximum atomic E-state index is 3.78. The number of allylic oxidation sites excluding steroid dienone is 1. The van der Waals surface area contributed by atoms with E-state index in [0.717, 1.165) is 5.92 Å². The second-order valence-corrected chi connectivity index (χ2v) is 5.76. The van der Waals surface area contributed by atoms with Crippen LogP contribution in [0.25, 0.3) is 0 Å². The molecule has 0 heterocycles. The number of fused-ring (bicyclic) bond motifs is 1. The number of benzene rings is 1. The number of unbranched alkanes of at least 4 members (excludes halogenated alkanes) is 3. The zero-order chi connectivity index (χ0) is 13.5. The highest BCUT2D eigenvalue weighted by atomic mass is 14.9. The summed E-state index contributed by atoms with van der Waals surface area (Å²) < 4.78 is 0. The van der Waals surface area contributed by atoms with Crippen molar-refractivity contribution in [1.29, 1.82) is 0 Å². The summed E-state index contributed by atoms with van der Waals surface area (Å²) in [5.41, 5.74) is 3.14. The molecule has 0 saturated carbocycles. The van der Waals surface area contributed by atoms with Crippen LogP contribution in [0.3, 0.4) is 0 Å². The Morgan fingerprint density at radius 3 is 2.47 bits per heavy atom. The van der Waals surface area contributed by atoms with Crippen molar-refractivity contribution in [3.8, 4) is 0 Å². The third-order valence-electron chi connectivity index (χ3n) is 4.45. The first-order chi connectivity index (χ1) is 9.35. The fraction of sp³-hybridized carbons (Fsp3) is 0.556. The minimum Gasteiger partial charge on any atom is -0.317 e. The lowest BCUT2D eigenvalue weighted by Gasteiger charge is -2.23. The topological polar surface area (TPSA) is 12.0 Å². The summed E-state index contributed by atoms with van der Waals surface area (Å²) in [5.74, 6) is 0.793. The molecule has 1 nitrogen and oxygen atoms in total. The molecule has 19 heavy (non-hydrogen) atoms. The van der Waals surface area contributed by atoms with E-state index in [4.69, 9.17) is 0 Å². The van der Waals surface area contributed by atoms with Gasteiger partial charge < -0.3 is 5.32 Å². The SMILES string of the molecule is C=CCCCCCC(NC)C1Cc2ccccc2C1. The zero-order valence-corrected chi connectivity index (χ0v) is 12.2. The zero-order valence-electron chi connectivity index (χ0n) is 12.2. The van der Waals surface area contributed by atoms with Crippen molar-refractivity contribution in [3.05, 3.63) is 48.0 Å². The molecule has 0 aromatic heterocycles. The molecule has 1 N–H and O–H groups in total. The van der Waals surface area contributed by atoms with Crippen molar-refractivity contribution in [2.24, 2.45) is 5.92 Å². The lowest BCUT2D eigenvalue weighted by Crippen LogP contribution is -2.34. The lowest BCUT2D eigenvalue weighted by molar-refractivity contribution is 0.354. The van der Waals surface area contributed by atoms with Gasteiger partial charge >= 0.3 is 0 Å². The van der Waals surface area contributed by atoms with Crippen LogP contribution in [0.2, 0.25) is 0 Å². The minimum atomic E-state index is 0.677. The molecule has 0 saturated heterocycles. The summed E-state index contributed by atoms with van der Waals surface area (Å²) >= 11 is 0. The van der Waals surface area contributed by atoms with E-state index in [1.165, 1.54) is 44.9 Å². The summed E-state index contributed by atoms with van der Waals surface area (Å²) in [6, 6.07) is 9.62. The van der Waals surface area contributed by atoms with Gasteiger partial charge in [-0.25, -0.2) is 0 Å². The summed E-state index contributed by atoms with van der Waals surface area (Å²) in [6.45, 7) is 3.78. The Balaban J connectivity index is 1.78. The van der Waals surface area contributed by atoms with Gasteiger partial charge in [-0.15, -0.1) is 6.58 Å². The van der Waals surface area contributed by atoms with Crippen LogP contribution < -0.4 is 5.32 Å². The molecule has 1 heteroatoms. The van der Waals surface area contributed by atoms with E-state index in [2.05, 4.69) is 43.2 Å². The molecule has 0 aliphatic heterocycles.